The van der Waals surface area contributed by atoms with Gasteiger partial charge in [-0.05, 0) is 19.1 Å². The van der Waals surface area contributed by atoms with Crippen molar-refractivity contribution in [3.63, 3.8) is 0 Å². The van der Waals surface area contributed by atoms with Gasteiger partial charge in [0.05, 0.1) is 18.2 Å². The lowest BCUT2D eigenvalue weighted by Gasteiger charge is -2.06. The van der Waals surface area contributed by atoms with Gasteiger partial charge in [0.15, 0.2) is 5.78 Å². The largest absolute Gasteiger partial charge is 0.507 e. The van der Waals surface area contributed by atoms with Crippen LogP contribution in [0.25, 0.3) is 0 Å². The number of aromatic hydroxyl groups is 1. The molecule has 0 unspecified atom stereocenters. The van der Waals surface area contributed by atoms with Gasteiger partial charge < -0.3 is 9.84 Å². The Morgan fingerprint density at radius 1 is 1.44 bits per heavy atom. The summed E-state index contributed by atoms with van der Waals surface area (Å²) in [5, 5.41) is 18.6. The number of nitriles is 1. The summed E-state index contributed by atoms with van der Waals surface area (Å²) >= 11 is 0. The van der Waals surface area contributed by atoms with E-state index in [1.807, 2.05) is 13.0 Å². The van der Waals surface area contributed by atoms with Crippen molar-refractivity contribution in [3.8, 4) is 17.6 Å². The Bertz CT molecular complexity index is 551. The molecule has 1 aromatic rings. The van der Waals surface area contributed by atoms with Crippen LogP contribution in [0.1, 0.15) is 22.8 Å². The second-order valence-electron chi connectivity index (χ2n) is 3.43. The van der Waals surface area contributed by atoms with Crippen molar-refractivity contribution in [2.45, 2.75) is 6.92 Å². The molecule has 0 heterocycles. The smallest absolute Gasteiger partial charge is 0.189 e. The van der Waals surface area contributed by atoms with Gasteiger partial charge in [-0.1, -0.05) is 18.2 Å². The molecule has 0 saturated carbocycles. The molecular formula is C14H13NO3. The lowest BCUT2D eigenvalue weighted by Crippen LogP contribution is -1.98. The first kappa shape index (κ1) is 13.5. The molecule has 0 aliphatic rings. The maximum Gasteiger partial charge on any atom is 0.189 e. The number of hydrogen-bond donors (Lipinski definition) is 1. The van der Waals surface area contributed by atoms with E-state index < -0.39 is 0 Å². The number of rotatable bonds is 4. The molecule has 0 fully saturated rings. The van der Waals surface area contributed by atoms with Crippen molar-refractivity contribution in [1.29, 1.82) is 5.26 Å². The summed E-state index contributed by atoms with van der Waals surface area (Å²) in [6.07, 6.45) is 6.36. The lowest BCUT2D eigenvalue weighted by molar-refractivity contribution is 0.104. The van der Waals surface area contributed by atoms with E-state index in [0.717, 1.165) is 0 Å². The van der Waals surface area contributed by atoms with Crippen LogP contribution in [0.3, 0.4) is 0 Å². The topological polar surface area (TPSA) is 70.3 Å². The monoisotopic (exact) mass is 243 g/mol. The highest BCUT2D eigenvalue weighted by atomic mass is 16.5. The van der Waals surface area contributed by atoms with Crippen LogP contribution in [0.4, 0.5) is 0 Å². The maximum atomic E-state index is 11.8. The van der Waals surface area contributed by atoms with Crippen molar-refractivity contribution in [2.24, 2.45) is 0 Å². The molecular weight excluding hydrogens is 230 g/mol. The van der Waals surface area contributed by atoms with Crippen LogP contribution >= 0.6 is 0 Å². The van der Waals surface area contributed by atoms with Crippen LogP contribution in [0.2, 0.25) is 0 Å². The number of carbonyl (C=O) groups excluding carboxylic acids is 1. The summed E-state index contributed by atoms with van der Waals surface area (Å²) < 4.78 is 4.93. The fourth-order valence-corrected chi connectivity index (χ4v) is 1.37. The Morgan fingerprint density at radius 3 is 2.72 bits per heavy atom. The predicted molar refractivity (Wildman–Crippen MR) is 67.7 cm³/mol. The molecule has 1 rings (SSSR count). The Labute approximate surface area is 105 Å². The number of benzene rings is 1. The Hall–Kier alpha value is -2.54. The second-order valence-corrected chi connectivity index (χ2v) is 3.43. The summed E-state index contributed by atoms with van der Waals surface area (Å²) in [5.41, 5.74) is 0.284. The maximum absolute atomic E-state index is 11.8. The minimum Gasteiger partial charge on any atom is -0.507 e. The van der Waals surface area contributed by atoms with Crippen LogP contribution in [0, 0.1) is 11.3 Å². The summed E-state index contributed by atoms with van der Waals surface area (Å²) in [7, 11) is 1.39. The lowest BCUT2D eigenvalue weighted by atomic mass is 10.0. The highest BCUT2D eigenvalue weighted by molar-refractivity contribution is 6.07. The number of ketones is 1. The van der Waals surface area contributed by atoms with E-state index in [1.165, 1.54) is 25.3 Å². The van der Waals surface area contributed by atoms with Gasteiger partial charge in [-0.3, -0.25) is 4.79 Å². The van der Waals surface area contributed by atoms with Gasteiger partial charge >= 0.3 is 0 Å². The molecule has 4 heteroatoms. The summed E-state index contributed by atoms with van der Waals surface area (Å²) in [4.78, 5) is 11.8. The van der Waals surface area contributed by atoms with Gasteiger partial charge in [0.25, 0.3) is 0 Å². The van der Waals surface area contributed by atoms with E-state index in [-0.39, 0.29) is 28.4 Å². The molecule has 0 spiro atoms. The highest BCUT2D eigenvalue weighted by Gasteiger charge is 2.13. The van der Waals surface area contributed by atoms with E-state index in [2.05, 4.69) is 0 Å². The fraction of sp³-hybridized carbons (Fsp3) is 0.143. The van der Waals surface area contributed by atoms with Crippen molar-refractivity contribution < 1.29 is 14.6 Å². The number of phenolic OH excluding ortho intramolecular Hbond substituents is 1. The first-order chi connectivity index (χ1) is 8.63. The molecule has 0 saturated heterocycles. The van der Waals surface area contributed by atoms with E-state index in [1.54, 1.807) is 18.2 Å². The van der Waals surface area contributed by atoms with Crippen molar-refractivity contribution in [1.82, 2.24) is 0 Å². The van der Waals surface area contributed by atoms with Crippen LogP contribution in [0.15, 0.2) is 36.4 Å². The first-order valence-corrected chi connectivity index (χ1v) is 5.28. The van der Waals surface area contributed by atoms with Crippen molar-refractivity contribution >= 4 is 5.78 Å². The Kier molecular flexibility index (Phi) is 4.70. The highest BCUT2D eigenvalue weighted by Crippen LogP contribution is 2.28. The normalized spacial score (nSPS) is 10.7. The standard InChI is InChI=1S/C14H13NO3/c1-3-4-5-6-12(16)11-7-10(9-15)14(18-2)8-13(11)17/h3-8,17H,1-2H3/b4-3+,6-5+. The molecule has 0 bridgehead atoms. The minimum atomic E-state index is -0.371. The number of phenols is 1. The number of methoxy groups -OCH3 is 1. The average Bonchev–Trinajstić information content (AvgIpc) is 2.38. The molecule has 0 radical (unpaired) electrons. The third-order valence-corrected chi connectivity index (χ3v) is 2.25. The second kappa shape index (κ2) is 6.26. The quantitative estimate of drug-likeness (QED) is 0.501. The number of hydrogen-bond acceptors (Lipinski definition) is 4. The number of carbonyl (C=O) groups is 1. The third kappa shape index (κ3) is 2.98. The summed E-state index contributed by atoms with van der Waals surface area (Å²) in [6.45, 7) is 1.83. The minimum absolute atomic E-state index is 0.0769. The average molecular weight is 243 g/mol. The molecule has 1 N–H and O–H groups in total. The van der Waals surface area contributed by atoms with Gasteiger partial charge in [0.1, 0.15) is 17.6 Å². The molecule has 0 aliphatic heterocycles. The molecule has 0 aromatic heterocycles. The molecule has 18 heavy (non-hydrogen) atoms. The van der Waals surface area contributed by atoms with Crippen molar-refractivity contribution in [3.05, 3.63) is 47.6 Å². The SMILES string of the molecule is C/C=C/C=C/C(=O)c1cc(C#N)c(OC)cc1O. The molecule has 0 amide bonds. The van der Waals surface area contributed by atoms with Crippen molar-refractivity contribution in [2.75, 3.05) is 7.11 Å². The Balaban J connectivity index is 3.18. The van der Waals surface area contributed by atoms with E-state index in [0.29, 0.717) is 0 Å². The molecule has 0 aliphatic carbocycles. The zero-order chi connectivity index (χ0) is 13.5. The zero-order valence-electron chi connectivity index (χ0n) is 10.2. The number of ether oxygens (including phenoxy) is 1. The van der Waals surface area contributed by atoms with Crippen LogP contribution in [-0.4, -0.2) is 18.0 Å². The fourth-order valence-electron chi connectivity index (χ4n) is 1.37. The molecule has 4 nitrogen and oxygen atoms in total. The van der Waals surface area contributed by atoms with Crippen LogP contribution < -0.4 is 4.74 Å². The van der Waals surface area contributed by atoms with Gasteiger partial charge in [0, 0.05) is 6.07 Å². The van der Waals surface area contributed by atoms with Crippen LogP contribution in [0.5, 0.6) is 11.5 Å². The molecule has 1 aromatic carbocycles. The van der Waals surface area contributed by atoms with Gasteiger partial charge in [-0.2, -0.15) is 5.26 Å². The van der Waals surface area contributed by atoms with Gasteiger partial charge in [-0.15, -0.1) is 0 Å². The molecule has 92 valence electrons. The predicted octanol–water partition coefficient (Wildman–Crippen LogP) is 2.59. The summed E-state index contributed by atoms with van der Waals surface area (Å²) in [5.74, 6) is -0.338. The number of allylic oxidation sites excluding steroid dienone is 4. The van der Waals surface area contributed by atoms with Crippen LogP contribution in [-0.2, 0) is 0 Å². The Morgan fingerprint density at radius 2 is 2.17 bits per heavy atom. The van der Waals surface area contributed by atoms with E-state index in [4.69, 9.17) is 10.00 Å². The third-order valence-electron chi connectivity index (χ3n) is 2.25. The number of nitrogens with zero attached hydrogens (tertiary/aromatic N) is 1. The summed E-state index contributed by atoms with van der Waals surface area (Å²) in [6, 6.07) is 4.49. The van der Waals surface area contributed by atoms with E-state index in [9.17, 15) is 9.90 Å². The zero-order valence-corrected chi connectivity index (χ0v) is 10.2. The first-order valence-electron chi connectivity index (χ1n) is 5.28. The molecule has 0 atom stereocenters. The van der Waals surface area contributed by atoms with E-state index >= 15 is 0 Å². The van der Waals surface area contributed by atoms with Gasteiger partial charge in [-0.25, -0.2) is 0 Å². The van der Waals surface area contributed by atoms with Gasteiger partial charge in [0.2, 0.25) is 0 Å².